The molecule has 0 spiro atoms. The number of hydrogen-bond acceptors (Lipinski definition) is 3. The Labute approximate surface area is 114 Å². The first kappa shape index (κ1) is 14.3. The second-order valence-corrected chi connectivity index (χ2v) is 5.78. The SMILES string of the molecule is CCC1(C(=O)NC[C@H]2CC[C@H](C(N)=O)O2)CCCC1. The molecule has 19 heavy (non-hydrogen) atoms. The molecule has 2 atom stereocenters. The van der Waals surface area contributed by atoms with E-state index in [-0.39, 0.29) is 17.4 Å². The van der Waals surface area contributed by atoms with E-state index in [1.54, 1.807) is 0 Å². The van der Waals surface area contributed by atoms with Crippen LogP contribution < -0.4 is 11.1 Å². The monoisotopic (exact) mass is 268 g/mol. The molecule has 1 saturated carbocycles. The van der Waals surface area contributed by atoms with Crippen molar-refractivity contribution in [1.29, 1.82) is 0 Å². The molecule has 0 aromatic heterocycles. The van der Waals surface area contributed by atoms with Gasteiger partial charge in [0.15, 0.2) is 0 Å². The Bertz CT molecular complexity index is 351. The molecule has 0 aromatic rings. The van der Waals surface area contributed by atoms with Crippen molar-refractivity contribution in [2.24, 2.45) is 11.1 Å². The molecule has 5 nitrogen and oxygen atoms in total. The molecule has 3 N–H and O–H groups in total. The second kappa shape index (κ2) is 5.90. The summed E-state index contributed by atoms with van der Waals surface area (Å²) in [5.74, 6) is -0.256. The lowest BCUT2D eigenvalue weighted by atomic mass is 9.82. The summed E-state index contributed by atoms with van der Waals surface area (Å²) in [6, 6.07) is 0. The number of carbonyl (C=O) groups is 2. The summed E-state index contributed by atoms with van der Waals surface area (Å²) in [6.45, 7) is 2.57. The summed E-state index contributed by atoms with van der Waals surface area (Å²) in [7, 11) is 0. The third-order valence-electron chi connectivity index (χ3n) is 4.63. The van der Waals surface area contributed by atoms with Gasteiger partial charge in [-0.05, 0) is 32.1 Å². The van der Waals surface area contributed by atoms with E-state index in [1.165, 1.54) is 0 Å². The third-order valence-corrected chi connectivity index (χ3v) is 4.63. The third kappa shape index (κ3) is 3.08. The number of nitrogens with two attached hydrogens (primary N) is 1. The normalized spacial score (nSPS) is 29.3. The van der Waals surface area contributed by atoms with Gasteiger partial charge >= 0.3 is 0 Å². The summed E-state index contributed by atoms with van der Waals surface area (Å²) in [5, 5.41) is 3.00. The highest BCUT2D eigenvalue weighted by molar-refractivity contribution is 5.83. The molecule has 5 heteroatoms. The standard InChI is InChI=1S/C14H24N2O3/c1-2-14(7-3-4-8-14)13(18)16-9-10-5-6-11(19-10)12(15)17/h10-11H,2-9H2,1H3,(H2,15,17)(H,16,18)/t10-,11-/m1/s1. The van der Waals surface area contributed by atoms with E-state index in [4.69, 9.17) is 10.5 Å². The van der Waals surface area contributed by atoms with E-state index in [9.17, 15) is 9.59 Å². The van der Waals surface area contributed by atoms with E-state index in [0.29, 0.717) is 13.0 Å². The Morgan fingerprint density at radius 2 is 2.00 bits per heavy atom. The molecule has 1 saturated heterocycles. The number of ether oxygens (including phenoxy) is 1. The molecule has 108 valence electrons. The minimum Gasteiger partial charge on any atom is -0.367 e. The first-order valence-electron chi connectivity index (χ1n) is 7.30. The molecule has 1 aliphatic heterocycles. The lowest BCUT2D eigenvalue weighted by Crippen LogP contribution is -2.42. The van der Waals surface area contributed by atoms with Crippen molar-refractivity contribution in [3.05, 3.63) is 0 Å². The van der Waals surface area contributed by atoms with Crippen LogP contribution in [0.2, 0.25) is 0 Å². The average Bonchev–Trinajstić information content (AvgIpc) is 3.05. The molecule has 0 bridgehead atoms. The maximum atomic E-state index is 12.3. The zero-order valence-electron chi connectivity index (χ0n) is 11.6. The molecule has 0 aromatic carbocycles. The van der Waals surface area contributed by atoms with Gasteiger partial charge in [0.05, 0.1) is 6.10 Å². The molecule has 2 amide bonds. The van der Waals surface area contributed by atoms with Crippen LogP contribution in [0.1, 0.15) is 51.9 Å². The van der Waals surface area contributed by atoms with Gasteiger partial charge in [-0.1, -0.05) is 19.8 Å². The topological polar surface area (TPSA) is 81.4 Å². The number of nitrogens with one attached hydrogen (secondary N) is 1. The highest BCUT2D eigenvalue weighted by Crippen LogP contribution is 2.41. The predicted octanol–water partition coefficient (Wildman–Crippen LogP) is 1.11. The van der Waals surface area contributed by atoms with Crippen LogP contribution in [0.3, 0.4) is 0 Å². The molecule has 2 aliphatic rings. The van der Waals surface area contributed by atoms with Crippen LogP contribution >= 0.6 is 0 Å². The van der Waals surface area contributed by atoms with Crippen molar-refractivity contribution < 1.29 is 14.3 Å². The van der Waals surface area contributed by atoms with Gasteiger partial charge < -0.3 is 15.8 Å². The van der Waals surface area contributed by atoms with Gasteiger partial charge in [0.1, 0.15) is 6.10 Å². The largest absolute Gasteiger partial charge is 0.367 e. The highest BCUT2D eigenvalue weighted by atomic mass is 16.5. The molecule has 1 heterocycles. The smallest absolute Gasteiger partial charge is 0.246 e. The average molecular weight is 268 g/mol. The van der Waals surface area contributed by atoms with E-state index in [0.717, 1.165) is 38.5 Å². The van der Waals surface area contributed by atoms with E-state index in [2.05, 4.69) is 12.2 Å². The molecular formula is C14H24N2O3. The Kier molecular flexibility index (Phi) is 4.45. The lowest BCUT2D eigenvalue weighted by molar-refractivity contribution is -0.132. The van der Waals surface area contributed by atoms with Crippen molar-refractivity contribution in [3.63, 3.8) is 0 Å². The summed E-state index contributed by atoms with van der Waals surface area (Å²) in [5.41, 5.74) is 5.04. The number of carbonyl (C=O) groups excluding carboxylic acids is 2. The van der Waals surface area contributed by atoms with Gasteiger partial charge in [0.2, 0.25) is 11.8 Å². The van der Waals surface area contributed by atoms with Gasteiger partial charge in [-0.25, -0.2) is 0 Å². The molecule has 2 rings (SSSR count). The zero-order valence-corrected chi connectivity index (χ0v) is 11.6. The molecule has 0 radical (unpaired) electrons. The Balaban J connectivity index is 1.79. The number of primary amides is 1. The number of hydrogen-bond donors (Lipinski definition) is 2. The first-order chi connectivity index (χ1) is 9.07. The van der Waals surface area contributed by atoms with Gasteiger partial charge in [-0.2, -0.15) is 0 Å². The summed E-state index contributed by atoms with van der Waals surface area (Å²) in [4.78, 5) is 23.3. The number of amides is 2. The fourth-order valence-electron chi connectivity index (χ4n) is 3.25. The first-order valence-corrected chi connectivity index (χ1v) is 7.30. The van der Waals surface area contributed by atoms with Gasteiger partial charge in [0, 0.05) is 12.0 Å². The van der Waals surface area contributed by atoms with Gasteiger partial charge in [-0.3, -0.25) is 9.59 Å². The van der Waals surface area contributed by atoms with Crippen LogP contribution in [0.5, 0.6) is 0 Å². The van der Waals surface area contributed by atoms with Crippen molar-refractivity contribution in [2.75, 3.05) is 6.54 Å². The van der Waals surface area contributed by atoms with Crippen LogP contribution in [0.15, 0.2) is 0 Å². The quantitative estimate of drug-likeness (QED) is 0.783. The van der Waals surface area contributed by atoms with Crippen molar-refractivity contribution in [1.82, 2.24) is 5.32 Å². The fourth-order valence-corrected chi connectivity index (χ4v) is 3.25. The lowest BCUT2D eigenvalue weighted by Gasteiger charge is -2.26. The van der Waals surface area contributed by atoms with Gasteiger partial charge in [0.25, 0.3) is 0 Å². The summed E-state index contributed by atoms with van der Waals surface area (Å²) >= 11 is 0. The molecule has 1 aliphatic carbocycles. The molecule has 0 unspecified atom stereocenters. The van der Waals surface area contributed by atoms with E-state index in [1.807, 2.05) is 0 Å². The summed E-state index contributed by atoms with van der Waals surface area (Å²) < 4.78 is 5.51. The maximum Gasteiger partial charge on any atom is 0.246 e. The highest BCUT2D eigenvalue weighted by Gasteiger charge is 2.39. The fraction of sp³-hybridized carbons (Fsp3) is 0.857. The molecule has 2 fully saturated rings. The van der Waals surface area contributed by atoms with Crippen molar-refractivity contribution in [3.8, 4) is 0 Å². The van der Waals surface area contributed by atoms with E-state index < -0.39 is 12.0 Å². The van der Waals surface area contributed by atoms with E-state index >= 15 is 0 Å². The van der Waals surface area contributed by atoms with Gasteiger partial charge in [-0.15, -0.1) is 0 Å². The minimum absolute atomic E-state index is 0.0724. The molecular weight excluding hydrogens is 244 g/mol. The Morgan fingerprint density at radius 1 is 1.32 bits per heavy atom. The Hall–Kier alpha value is -1.10. The van der Waals surface area contributed by atoms with Crippen molar-refractivity contribution in [2.45, 2.75) is 64.1 Å². The maximum absolute atomic E-state index is 12.3. The van der Waals surface area contributed by atoms with Crippen LogP contribution in [0.25, 0.3) is 0 Å². The van der Waals surface area contributed by atoms with Crippen LogP contribution in [0.4, 0.5) is 0 Å². The second-order valence-electron chi connectivity index (χ2n) is 5.78. The Morgan fingerprint density at radius 3 is 2.53 bits per heavy atom. The zero-order chi connectivity index (χ0) is 13.9. The van der Waals surface area contributed by atoms with Crippen molar-refractivity contribution >= 4 is 11.8 Å². The summed E-state index contributed by atoms with van der Waals surface area (Å²) in [6.07, 6.45) is 6.06. The van der Waals surface area contributed by atoms with Crippen LogP contribution in [0, 0.1) is 5.41 Å². The number of rotatable bonds is 5. The van der Waals surface area contributed by atoms with Crippen LogP contribution in [-0.2, 0) is 14.3 Å². The van der Waals surface area contributed by atoms with Crippen LogP contribution in [-0.4, -0.2) is 30.6 Å². The predicted molar refractivity (Wildman–Crippen MR) is 71.3 cm³/mol. The minimum atomic E-state index is -0.478.